The van der Waals surface area contributed by atoms with Gasteiger partial charge >= 0.3 is 0 Å². The highest BCUT2D eigenvalue weighted by atomic mass is 16.1. The molecule has 0 atom stereocenters. The first-order valence-corrected chi connectivity index (χ1v) is 6.97. The lowest BCUT2D eigenvalue weighted by molar-refractivity contribution is 0.0923. The van der Waals surface area contributed by atoms with E-state index in [0.29, 0.717) is 11.7 Å². The van der Waals surface area contributed by atoms with Crippen LogP contribution < -0.4 is 0 Å². The van der Waals surface area contributed by atoms with Crippen molar-refractivity contribution in [2.45, 2.75) is 53.4 Å². The van der Waals surface area contributed by atoms with Gasteiger partial charge in [-0.2, -0.15) is 0 Å². The van der Waals surface area contributed by atoms with Gasteiger partial charge in [0.05, 0.1) is 0 Å². The second kappa shape index (κ2) is 10.1. The molecule has 17 heavy (non-hydrogen) atoms. The Morgan fingerprint density at radius 1 is 0.941 bits per heavy atom. The maximum absolute atomic E-state index is 11.8. The summed E-state index contributed by atoms with van der Waals surface area (Å²) < 4.78 is 0. The van der Waals surface area contributed by atoms with Crippen molar-refractivity contribution in [2.75, 3.05) is 0 Å². The van der Waals surface area contributed by atoms with Crippen molar-refractivity contribution >= 4 is 5.78 Å². The van der Waals surface area contributed by atoms with E-state index in [1.165, 1.54) is 12.8 Å². The number of carbonyl (C=O) groups excluding carboxylic acids is 1. The molecule has 0 saturated heterocycles. The van der Waals surface area contributed by atoms with Gasteiger partial charge in [0.2, 0.25) is 0 Å². The lowest BCUT2D eigenvalue weighted by atomic mass is 9.96. The molecule has 0 spiro atoms. The Morgan fingerprint density at radius 2 is 1.41 bits per heavy atom. The third kappa shape index (κ3) is 5.16. The highest BCUT2D eigenvalue weighted by Gasteiger charge is 2.23. The lowest BCUT2D eigenvalue weighted by Gasteiger charge is -2.06. The van der Waals surface area contributed by atoms with E-state index in [0.717, 1.165) is 18.4 Å². The molecule has 0 radical (unpaired) electrons. The summed E-state index contributed by atoms with van der Waals surface area (Å²) in [4.78, 5) is 11.8. The zero-order valence-corrected chi connectivity index (χ0v) is 11.7. The molecule has 1 aromatic rings. The van der Waals surface area contributed by atoms with Gasteiger partial charge < -0.3 is 0 Å². The average molecular weight is 234 g/mol. The quantitative estimate of drug-likeness (QED) is 0.650. The second-order valence-electron chi connectivity index (χ2n) is 3.71. The third-order valence-electron chi connectivity index (χ3n) is 2.78. The van der Waals surface area contributed by atoms with Crippen LogP contribution in [0.25, 0.3) is 0 Å². The largest absolute Gasteiger partial charge is 0.294 e. The molecule has 1 fully saturated rings. The molecule has 0 amide bonds. The summed E-state index contributed by atoms with van der Waals surface area (Å²) in [6.45, 7) is 8.00. The first-order valence-electron chi connectivity index (χ1n) is 6.97. The van der Waals surface area contributed by atoms with Crippen molar-refractivity contribution in [3.05, 3.63) is 35.9 Å². The first-order chi connectivity index (χ1) is 8.38. The number of benzene rings is 1. The van der Waals surface area contributed by atoms with Crippen LogP contribution in [0.1, 0.15) is 63.7 Å². The van der Waals surface area contributed by atoms with Gasteiger partial charge in [-0.1, -0.05) is 70.9 Å². The maximum Gasteiger partial charge on any atom is 0.165 e. The molecule has 1 aliphatic rings. The first kappa shape index (κ1) is 15.9. The second-order valence-corrected chi connectivity index (χ2v) is 3.71. The minimum absolute atomic E-state index is 0.308. The van der Waals surface area contributed by atoms with Gasteiger partial charge in [-0.15, -0.1) is 0 Å². The van der Waals surface area contributed by atoms with Crippen LogP contribution in [-0.2, 0) is 0 Å². The normalized spacial score (nSPS) is 14.1. The van der Waals surface area contributed by atoms with E-state index in [2.05, 4.69) is 0 Å². The van der Waals surface area contributed by atoms with E-state index < -0.39 is 0 Å². The van der Waals surface area contributed by atoms with Crippen molar-refractivity contribution in [2.24, 2.45) is 5.92 Å². The number of Topliss-reactive ketones (excluding diaryl/α,β-unsaturated/α-hetero) is 1. The van der Waals surface area contributed by atoms with Crippen LogP contribution in [0.4, 0.5) is 0 Å². The van der Waals surface area contributed by atoms with Crippen molar-refractivity contribution < 1.29 is 4.79 Å². The van der Waals surface area contributed by atoms with Gasteiger partial charge in [-0.25, -0.2) is 0 Å². The summed E-state index contributed by atoms with van der Waals surface area (Å²) in [5, 5.41) is 0. The van der Waals surface area contributed by atoms with E-state index in [-0.39, 0.29) is 0 Å². The van der Waals surface area contributed by atoms with Crippen LogP contribution in [0.2, 0.25) is 0 Å². The molecule has 2 rings (SSSR count). The van der Waals surface area contributed by atoms with E-state index in [4.69, 9.17) is 0 Å². The van der Waals surface area contributed by atoms with Gasteiger partial charge in [0.25, 0.3) is 0 Å². The summed E-state index contributed by atoms with van der Waals surface area (Å²) in [7, 11) is 0. The van der Waals surface area contributed by atoms with Crippen LogP contribution in [0.15, 0.2) is 30.3 Å². The fourth-order valence-corrected chi connectivity index (χ4v) is 2.03. The van der Waals surface area contributed by atoms with Crippen LogP contribution in [0, 0.1) is 5.92 Å². The van der Waals surface area contributed by atoms with E-state index in [9.17, 15) is 4.79 Å². The fourth-order valence-electron chi connectivity index (χ4n) is 2.03. The van der Waals surface area contributed by atoms with Gasteiger partial charge in [0, 0.05) is 11.5 Å². The molecule has 0 heterocycles. The van der Waals surface area contributed by atoms with Crippen LogP contribution >= 0.6 is 0 Å². The van der Waals surface area contributed by atoms with E-state index >= 15 is 0 Å². The van der Waals surface area contributed by atoms with Crippen LogP contribution in [-0.4, -0.2) is 5.78 Å². The SMILES string of the molecule is CC.CC.O=C(c1ccccc1)C1CCCC1. The highest BCUT2D eigenvalue weighted by molar-refractivity contribution is 5.97. The van der Waals surface area contributed by atoms with Crippen LogP contribution in [0.3, 0.4) is 0 Å². The summed E-state index contributed by atoms with van der Waals surface area (Å²) in [5.41, 5.74) is 0.884. The minimum Gasteiger partial charge on any atom is -0.294 e. The summed E-state index contributed by atoms with van der Waals surface area (Å²) in [6.07, 6.45) is 4.63. The smallest absolute Gasteiger partial charge is 0.165 e. The van der Waals surface area contributed by atoms with Crippen LogP contribution in [0.5, 0.6) is 0 Å². The monoisotopic (exact) mass is 234 g/mol. The Balaban J connectivity index is 0.000000581. The fraction of sp³-hybridized carbons (Fsp3) is 0.562. The highest BCUT2D eigenvalue weighted by Crippen LogP contribution is 2.27. The molecule has 1 heteroatoms. The Bertz CT molecular complexity index is 284. The standard InChI is InChI=1S/C12H14O.2C2H6/c13-12(11-8-4-5-9-11)10-6-2-1-3-7-10;2*1-2/h1-3,6-7,11H,4-5,8-9H2;2*1-2H3. The molecule has 1 saturated carbocycles. The van der Waals surface area contributed by atoms with Crippen molar-refractivity contribution in [1.29, 1.82) is 0 Å². The predicted octanol–water partition coefficient (Wildman–Crippen LogP) is 5.11. The molecule has 0 unspecified atom stereocenters. The molecule has 0 aromatic heterocycles. The minimum atomic E-state index is 0.308. The number of hydrogen-bond donors (Lipinski definition) is 0. The van der Waals surface area contributed by atoms with Gasteiger partial charge in [0.15, 0.2) is 5.78 Å². The zero-order chi connectivity index (χ0) is 13.1. The van der Waals surface area contributed by atoms with Crippen molar-refractivity contribution in [3.8, 4) is 0 Å². The number of ketones is 1. The Hall–Kier alpha value is -1.11. The molecule has 0 bridgehead atoms. The van der Waals surface area contributed by atoms with Gasteiger partial charge in [-0.05, 0) is 12.8 Å². The Morgan fingerprint density at radius 3 is 1.88 bits per heavy atom. The van der Waals surface area contributed by atoms with Crippen molar-refractivity contribution in [3.63, 3.8) is 0 Å². The average Bonchev–Trinajstić information content (AvgIpc) is 2.97. The molecular weight excluding hydrogens is 208 g/mol. The predicted molar refractivity (Wildman–Crippen MR) is 75.4 cm³/mol. The van der Waals surface area contributed by atoms with Crippen molar-refractivity contribution in [1.82, 2.24) is 0 Å². The number of rotatable bonds is 2. The topological polar surface area (TPSA) is 17.1 Å². The molecule has 96 valence electrons. The number of hydrogen-bond acceptors (Lipinski definition) is 1. The Kier molecular flexibility index (Phi) is 9.41. The molecule has 1 aliphatic carbocycles. The zero-order valence-electron chi connectivity index (χ0n) is 11.7. The van der Waals surface area contributed by atoms with Gasteiger partial charge in [-0.3, -0.25) is 4.79 Å². The van der Waals surface area contributed by atoms with E-state index in [1.807, 2.05) is 58.0 Å². The molecule has 0 N–H and O–H groups in total. The summed E-state index contributed by atoms with van der Waals surface area (Å²) in [5.74, 6) is 0.653. The Labute approximate surface area is 106 Å². The van der Waals surface area contributed by atoms with Gasteiger partial charge in [0.1, 0.15) is 0 Å². The number of carbonyl (C=O) groups is 1. The molecule has 1 aromatic carbocycles. The van der Waals surface area contributed by atoms with E-state index in [1.54, 1.807) is 0 Å². The molecular formula is C16H26O. The molecule has 1 nitrogen and oxygen atoms in total. The lowest BCUT2D eigenvalue weighted by Crippen LogP contribution is -2.10. The summed E-state index contributed by atoms with van der Waals surface area (Å²) >= 11 is 0. The molecule has 0 aliphatic heterocycles. The summed E-state index contributed by atoms with van der Waals surface area (Å²) in [6, 6.07) is 9.65. The maximum atomic E-state index is 11.8. The third-order valence-corrected chi connectivity index (χ3v) is 2.78.